The van der Waals surface area contributed by atoms with Crippen molar-refractivity contribution in [3.63, 3.8) is 0 Å². The Morgan fingerprint density at radius 1 is 1.57 bits per heavy atom. The predicted octanol–water partition coefficient (Wildman–Crippen LogP) is 0.709. The molecule has 7 heavy (non-hydrogen) atoms. The summed E-state index contributed by atoms with van der Waals surface area (Å²) in [6.45, 7) is 0. The van der Waals surface area contributed by atoms with E-state index in [1.807, 2.05) is 0 Å². The number of halogens is 1. The third-order valence-electron chi connectivity index (χ3n) is 0.322. The van der Waals surface area contributed by atoms with Crippen molar-refractivity contribution in [2.45, 2.75) is 0 Å². The number of aliphatic hydroxyl groups is 1. The molecule has 2 N–H and O–H groups in total. The monoisotopic (exact) mass is 122 g/mol. The van der Waals surface area contributed by atoms with E-state index in [1.165, 1.54) is 0 Å². The van der Waals surface area contributed by atoms with Crippen LogP contribution in [-0.2, 0) is 4.79 Å². The highest BCUT2D eigenvalue weighted by Crippen LogP contribution is 1.88. The average molecular weight is 123 g/mol. The SMILES string of the molecule is O=C(O)C(O)=CCl. The summed E-state index contributed by atoms with van der Waals surface area (Å²) in [5, 5.41) is 15.8. The molecule has 0 fully saturated rings. The van der Waals surface area contributed by atoms with E-state index in [0.717, 1.165) is 0 Å². The molecule has 0 bridgehead atoms. The highest BCUT2D eigenvalue weighted by molar-refractivity contribution is 6.27. The first kappa shape index (κ1) is 6.30. The van der Waals surface area contributed by atoms with E-state index in [0.29, 0.717) is 5.54 Å². The van der Waals surface area contributed by atoms with Crippen LogP contribution in [0.15, 0.2) is 11.3 Å². The number of aliphatic hydroxyl groups excluding tert-OH is 1. The number of hydrogen-bond acceptors (Lipinski definition) is 2. The van der Waals surface area contributed by atoms with Gasteiger partial charge in [0.1, 0.15) is 0 Å². The standard InChI is InChI=1S/C3H3ClO3/c4-1-2(5)3(6)7/h1,5H,(H,6,7). The number of rotatable bonds is 1. The van der Waals surface area contributed by atoms with Crippen LogP contribution in [0, 0.1) is 0 Å². The van der Waals surface area contributed by atoms with E-state index in [4.69, 9.17) is 21.8 Å². The topological polar surface area (TPSA) is 57.5 Å². The Morgan fingerprint density at radius 2 is 2.00 bits per heavy atom. The molecule has 0 radical (unpaired) electrons. The summed E-state index contributed by atoms with van der Waals surface area (Å²) >= 11 is 4.75. The Balaban J connectivity index is 3.82. The second-order valence-electron chi connectivity index (χ2n) is 0.800. The molecule has 0 saturated heterocycles. The lowest BCUT2D eigenvalue weighted by atomic mass is 10.6. The molecule has 0 unspecified atom stereocenters. The second kappa shape index (κ2) is 2.47. The molecule has 0 aromatic rings. The van der Waals surface area contributed by atoms with Gasteiger partial charge in [-0.25, -0.2) is 4.79 Å². The minimum absolute atomic E-state index is 0.586. The van der Waals surface area contributed by atoms with E-state index in [1.54, 1.807) is 0 Å². The van der Waals surface area contributed by atoms with Crippen LogP contribution in [0.5, 0.6) is 0 Å². The Kier molecular flexibility index (Phi) is 2.22. The predicted molar refractivity (Wildman–Crippen MR) is 24.2 cm³/mol. The molecule has 0 saturated carbocycles. The number of carboxylic acid groups (broad SMARTS) is 1. The van der Waals surface area contributed by atoms with Gasteiger partial charge >= 0.3 is 5.97 Å². The lowest BCUT2D eigenvalue weighted by molar-refractivity contribution is -0.135. The number of aliphatic carboxylic acids is 1. The molecule has 0 aliphatic rings. The summed E-state index contributed by atoms with van der Waals surface area (Å²) in [5.74, 6) is -2.27. The van der Waals surface area contributed by atoms with E-state index < -0.39 is 11.7 Å². The lowest BCUT2D eigenvalue weighted by Crippen LogP contribution is -1.96. The van der Waals surface area contributed by atoms with Crippen LogP contribution < -0.4 is 0 Å². The molecule has 0 spiro atoms. The lowest BCUT2D eigenvalue weighted by Gasteiger charge is -1.82. The molecule has 0 amide bonds. The fourth-order valence-electron chi connectivity index (χ4n) is 0.0467. The van der Waals surface area contributed by atoms with Crippen molar-refractivity contribution in [3.8, 4) is 0 Å². The van der Waals surface area contributed by atoms with Crippen LogP contribution in [0.4, 0.5) is 0 Å². The van der Waals surface area contributed by atoms with Crippen molar-refractivity contribution in [2.75, 3.05) is 0 Å². The molecule has 0 heterocycles. The van der Waals surface area contributed by atoms with Crippen LogP contribution in [-0.4, -0.2) is 16.2 Å². The van der Waals surface area contributed by atoms with Crippen LogP contribution in [0.1, 0.15) is 0 Å². The highest BCUT2D eigenvalue weighted by Gasteiger charge is 1.98. The quantitative estimate of drug-likeness (QED) is 0.398. The molecule has 40 valence electrons. The maximum atomic E-state index is 9.53. The Hall–Kier alpha value is -0.700. The van der Waals surface area contributed by atoms with Crippen molar-refractivity contribution in [1.82, 2.24) is 0 Å². The molecule has 0 aromatic carbocycles. The third-order valence-corrected chi connectivity index (χ3v) is 0.529. The van der Waals surface area contributed by atoms with E-state index in [9.17, 15) is 4.79 Å². The second-order valence-corrected chi connectivity index (χ2v) is 1.02. The first-order valence-electron chi connectivity index (χ1n) is 1.41. The summed E-state index contributed by atoms with van der Waals surface area (Å²) in [6, 6.07) is 0. The van der Waals surface area contributed by atoms with Crippen molar-refractivity contribution < 1.29 is 15.0 Å². The van der Waals surface area contributed by atoms with Gasteiger partial charge in [0, 0.05) is 0 Å². The number of carbonyl (C=O) groups is 1. The maximum absolute atomic E-state index is 9.53. The molecule has 0 aromatic heterocycles. The van der Waals surface area contributed by atoms with E-state index in [-0.39, 0.29) is 0 Å². The molecule has 0 atom stereocenters. The van der Waals surface area contributed by atoms with Crippen molar-refractivity contribution in [3.05, 3.63) is 11.3 Å². The zero-order chi connectivity index (χ0) is 5.86. The minimum atomic E-state index is -1.42. The maximum Gasteiger partial charge on any atom is 0.371 e. The van der Waals surface area contributed by atoms with Gasteiger partial charge in [0.25, 0.3) is 0 Å². The molecular formula is C3H3ClO3. The largest absolute Gasteiger partial charge is 0.501 e. The minimum Gasteiger partial charge on any atom is -0.501 e. The van der Waals surface area contributed by atoms with Gasteiger partial charge in [0.2, 0.25) is 5.76 Å². The molecular weight excluding hydrogens is 119 g/mol. The van der Waals surface area contributed by atoms with E-state index in [2.05, 4.69) is 0 Å². The van der Waals surface area contributed by atoms with Gasteiger partial charge in [-0.05, 0) is 0 Å². The zero-order valence-electron chi connectivity index (χ0n) is 3.26. The van der Waals surface area contributed by atoms with Gasteiger partial charge in [0.15, 0.2) is 0 Å². The summed E-state index contributed by atoms with van der Waals surface area (Å²) in [6.07, 6.45) is 0. The van der Waals surface area contributed by atoms with Gasteiger partial charge in [-0.3, -0.25) is 0 Å². The molecule has 0 rings (SSSR count). The highest BCUT2D eigenvalue weighted by atomic mass is 35.5. The third kappa shape index (κ3) is 2.05. The van der Waals surface area contributed by atoms with Gasteiger partial charge in [-0.2, -0.15) is 0 Å². The number of hydrogen-bond donors (Lipinski definition) is 2. The first-order valence-corrected chi connectivity index (χ1v) is 1.84. The smallest absolute Gasteiger partial charge is 0.371 e. The normalized spacial score (nSPS) is 11.3. The van der Waals surface area contributed by atoms with Gasteiger partial charge in [-0.1, -0.05) is 11.6 Å². The number of carboxylic acids is 1. The fraction of sp³-hybridized carbons (Fsp3) is 0. The van der Waals surface area contributed by atoms with Crippen LogP contribution in [0.3, 0.4) is 0 Å². The van der Waals surface area contributed by atoms with Crippen LogP contribution in [0.25, 0.3) is 0 Å². The Morgan fingerprint density at radius 3 is 2.00 bits per heavy atom. The van der Waals surface area contributed by atoms with Crippen molar-refractivity contribution >= 4 is 17.6 Å². The zero-order valence-corrected chi connectivity index (χ0v) is 4.01. The molecule has 4 heteroatoms. The summed E-state index contributed by atoms with van der Waals surface area (Å²) < 4.78 is 0. The average Bonchev–Trinajstić information content (AvgIpc) is 1.65. The van der Waals surface area contributed by atoms with Crippen LogP contribution >= 0.6 is 11.6 Å². The van der Waals surface area contributed by atoms with Crippen molar-refractivity contribution in [2.24, 2.45) is 0 Å². The van der Waals surface area contributed by atoms with Crippen LogP contribution in [0.2, 0.25) is 0 Å². The Labute approximate surface area is 44.8 Å². The molecule has 3 nitrogen and oxygen atoms in total. The summed E-state index contributed by atoms with van der Waals surface area (Å²) in [7, 11) is 0. The van der Waals surface area contributed by atoms with Gasteiger partial charge in [0.05, 0.1) is 5.54 Å². The summed E-state index contributed by atoms with van der Waals surface area (Å²) in [5.41, 5.74) is 0.586. The van der Waals surface area contributed by atoms with E-state index >= 15 is 0 Å². The molecule has 0 aliphatic carbocycles. The fourth-order valence-corrected chi connectivity index (χ4v) is 0.140. The summed E-state index contributed by atoms with van der Waals surface area (Å²) in [4.78, 5) is 9.53. The van der Waals surface area contributed by atoms with Gasteiger partial charge < -0.3 is 10.2 Å². The van der Waals surface area contributed by atoms with Crippen molar-refractivity contribution in [1.29, 1.82) is 0 Å². The first-order chi connectivity index (χ1) is 3.18. The Bertz CT molecular complexity index is 107. The van der Waals surface area contributed by atoms with Gasteiger partial charge in [-0.15, -0.1) is 0 Å². The molecule has 0 aliphatic heterocycles.